The van der Waals surface area contributed by atoms with Crippen LogP contribution in [0, 0.1) is 18.3 Å². The molecule has 0 heterocycles. The van der Waals surface area contributed by atoms with Crippen LogP contribution in [0.3, 0.4) is 0 Å². The van der Waals surface area contributed by atoms with Gasteiger partial charge >= 0.3 is 0 Å². The lowest BCUT2D eigenvalue weighted by molar-refractivity contribution is 0.601. The minimum Gasteiger partial charge on any atom is -0.398 e. The lowest BCUT2D eigenvalue weighted by Crippen LogP contribution is -2.14. The lowest BCUT2D eigenvalue weighted by atomic mass is 10.2. The molecule has 0 aromatic heterocycles. The highest BCUT2D eigenvalue weighted by Gasteiger charge is 2.16. The van der Waals surface area contributed by atoms with Gasteiger partial charge in [0.05, 0.1) is 32.9 Å². The van der Waals surface area contributed by atoms with Crippen molar-refractivity contribution in [3.05, 3.63) is 52.5 Å². The molecule has 0 fully saturated rings. The molecule has 2 aromatic carbocycles. The van der Waals surface area contributed by atoms with Crippen LogP contribution < -0.4 is 10.5 Å². The van der Waals surface area contributed by atoms with Crippen LogP contribution in [0.5, 0.6) is 0 Å². The maximum absolute atomic E-state index is 12.3. The van der Waals surface area contributed by atoms with Gasteiger partial charge in [0.2, 0.25) is 0 Å². The van der Waals surface area contributed by atoms with Crippen molar-refractivity contribution in [1.29, 1.82) is 5.26 Å². The fourth-order valence-electron chi connectivity index (χ4n) is 1.75. The van der Waals surface area contributed by atoms with Gasteiger partial charge in [-0.3, -0.25) is 4.72 Å². The van der Waals surface area contributed by atoms with E-state index in [4.69, 9.17) is 22.6 Å². The summed E-state index contributed by atoms with van der Waals surface area (Å²) in [5, 5.41) is 9.10. The van der Waals surface area contributed by atoms with E-state index in [2.05, 4.69) is 4.72 Å². The van der Waals surface area contributed by atoms with Crippen LogP contribution in [-0.4, -0.2) is 8.42 Å². The molecule has 0 radical (unpaired) electrons. The molecular formula is C14H12ClN3O2S. The maximum Gasteiger partial charge on any atom is 0.261 e. The number of nitrogens with one attached hydrogen (secondary N) is 1. The lowest BCUT2D eigenvalue weighted by Gasteiger charge is -2.12. The Bertz CT molecular complexity index is 842. The van der Waals surface area contributed by atoms with Gasteiger partial charge in [-0.15, -0.1) is 0 Å². The molecule has 2 aromatic rings. The summed E-state index contributed by atoms with van der Waals surface area (Å²) < 4.78 is 27.1. The number of nitrogens with two attached hydrogens (primary N) is 1. The molecule has 3 N–H and O–H groups in total. The van der Waals surface area contributed by atoms with E-state index in [1.165, 1.54) is 30.3 Å². The van der Waals surface area contributed by atoms with Crippen LogP contribution in [0.25, 0.3) is 0 Å². The van der Waals surface area contributed by atoms with Crippen LogP contribution in [0.1, 0.15) is 11.1 Å². The van der Waals surface area contributed by atoms with E-state index in [1.54, 1.807) is 13.0 Å². The molecule has 0 bridgehead atoms. The minimum absolute atomic E-state index is 0.00824. The fraction of sp³-hybridized carbons (Fsp3) is 0.0714. The Morgan fingerprint density at radius 2 is 2.00 bits per heavy atom. The summed E-state index contributed by atoms with van der Waals surface area (Å²) >= 11 is 5.91. The first-order valence-corrected chi connectivity index (χ1v) is 7.78. The molecule has 0 aliphatic heterocycles. The minimum atomic E-state index is -3.80. The number of aryl methyl sites for hydroxylation is 1. The van der Waals surface area contributed by atoms with Crippen molar-refractivity contribution in [3.8, 4) is 6.07 Å². The zero-order chi connectivity index (χ0) is 15.6. The molecule has 0 aliphatic carbocycles. The number of sulfonamides is 1. The second kappa shape index (κ2) is 5.64. The first kappa shape index (κ1) is 15.2. The van der Waals surface area contributed by atoms with E-state index in [9.17, 15) is 8.42 Å². The molecule has 0 amide bonds. The van der Waals surface area contributed by atoms with E-state index in [0.717, 1.165) is 0 Å². The second-order valence-corrected chi connectivity index (χ2v) is 6.52. The van der Waals surface area contributed by atoms with Crippen molar-refractivity contribution >= 4 is 33.0 Å². The van der Waals surface area contributed by atoms with Gasteiger partial charge in [0.25, 0.3) is 10.0 Å². The van der Waals surface area contributed by atoms with E-state index in [-0.39, 0.29) is 15.5 Å². The van der Waals surface area contributed by atoms with Crippen LogP contribution in [0.2, 0.25) is 5.02 Å². The van der Waals surface area contributed by atoms with Gasteiger partial charge in [-0.2, -0.15) is 5.26 Å². The molecular weight excluding hydrogens is 310 g/mol. The summed E-state index contributed by atoms with van der Waals surface area (Å²) in [5.74, 6) is 0. The van der Waals surface area contributed by atoms with E-state index in [0.29, 0.717) is 16.9 Å². The summed E-state index contributed by atoms with van der Waals surface area (Å²) in [7, 11) is -3.80. The van der Waals surface area contributed by atoms with Crippen molar-refractivity contribution < 1.29 is 8.42 Å². The number of hydrogen-bond acceptors (Lipinski definition) is 4. The molecule has 0 unspecified atom stereocenters. The Morgan fingerprint density at radius 1 is 1.29 bits per heavy atom. The number of rotatable bonds is 3. The normalized spacial score (nSPS) is 10.9. The Labute approximate surface area is 128 Å². The highest BCUT2D eigenvalue weighted by atomic mass is 35.5. The Balaban J connectivity index is 2.42. The quantitative estimate of drug-likeness (QED) is 0.849. The molecule has 21 heavy (non-hydrogen) atoms. The van der Waals surface area contributed by atoms with E-state index in [1.807, 2.05) is 6.07 Å². The molecule has 0 atom stereocenters. The third-order valence-electron chi connectivity index (χ3n) is 2.86. The van der Waals surface area contributed by atoms with Gasteiger partial charge in [-0.25, -0.2) is 8.42 Å². The predicted molar refractivity (Wildman–Crippen MR) is 82.6 cm³/mol. The summed E-state index contributed by atoms with van der Waals surface area (Å²) in [6.07, 6.45) is 0. The molecule has 0 spiro atoms. The number of nitrogen functional groups attached to an aromatic ring is 1. The van der Waals surface area contributed by atoms with Gasteiger partial charge in [-0.05, 0) is 42.8 Å². The van der Waals surface area contributed by atoms with Crippen molar-refractivity contribution in [2.75, 3.05) is 10.5 Å². The number of nitrogens with zero attached hydrogens (tertiary/aromatic N) is 1. The standard InChI is InChI=1S/C14H12ClN3O2S/c1-9-5-13(17)12(15)7-14(9)18-21(19,20)11-4-2-3-10(6-11)8-16/h2-7,18H,17H2,1H3. The topological polar surface area (TPSA) is 96.0 Å². The van der Waals surface area contributed by atoms with Gasteiger partial charge in [0.15, 0.2) is 0 Å². The third kappa shape index (κ3) is 3.27. The fourth-order valence-corrected chi connectivity index (χ4v) is 3.08. The highest BCUT2D eigenvalue weighted by Crippen LogP contribution is 2.28. The number of hydrogen-bond donors (Lipinski definition) is 2. The molecule has 5 nitrogen and oxygen atoms in total. The summed E-state index contributed by atoms with van der Waals surface area (Å²) in [6.45, 7) is 1.72. The molecule has 7 heteroatoms. The van der Waals surface area contributed by atoms with Crippen molar-refractivity contribution in [3.63, 3.8) is 0 Å². The SMILES string of the molecule is Cc1cc(N)c(Cl)cc1NS(=O)(=O)c1cccc(C#N)c1. The second-order valence-electron chi connectivity index (χ2n) is 4.43. The summed E-state index contributed by atoms with van der Waals surface area (Å²) in [4.78, 5) is 0.00824. The zero-order valence-electron chi connectivity index (χ0n) is 11.1. The Hall–Kier alpha value is -2.23. The average Bonchev–Trinajstić information content (AvgIpc) is 2.44. The highest BCUT2D eigenvalue weighted by molar-refractivity contribution is 7.92. The van der Waals surface area contributed by atoms with Gasteiger partial charge in [-0.1, -0.05) is 17.7 Å². The molecule has 0 saturated carbocycles. The Morgan fingerprint density at radius 3 is 2.67 bits per heavy atom. The first-order valence-electron chi connectivity index (χ1n) is 5.92. The van der Waals surface area contributed by atoms with Crippen molar-refractivity contribution in [1.82, 2.24) is 0 Å². The van der Waals surface area contributed by atoms with Crippen LogP contribution >= 0.6 is 11.6 Å². The average molecular weight is 322 g/mol. The number of halogens is 1. The number of benzene rings is 2. The monoisotopic (exact) mass is 321 g/mol. The van der Waals surface area contributed by atoms with Crippen LogP contribution in [-0.2, 0) is 10.0 Å². The number of anilines is 2. The summed E-state index contributed by atoms with van der Waals surface area (Å²) in [5.41, 5.74) is 7.30. The Kier molecular flexibility index (Phi) is 4.07. The largest absolute Gasteiger partial charge is 0.398 e. The summed E-state index contributed by atoms with van der Waals surface area (Å²) in [6, 6.07) is 10.7. The third-order valence-corrected chi connectivity index (χ3v) is 4.55. The van der Waals surface area contributed by atoms with Crippen LogP contribution in [0.15, 0.2) is 41.3 Å². The van der Waals surface area contributed by atoms with Crippen molar-refractivity contribution in [2.45, 2.75) is 11.8 Å². The predicted octanol–water partition coefficient (Wildman–Crippen LogP) is 2.90. The maximum atomic E-state index is 12.3. The van der Waals surface area contributed by atoms with Gasteiger partial charge in [0.1, 0.15) is 0 Å². The zero-order valence-corrected chi connectivity index (χ0v) is 12.7. The smallest absolute Gasteiger partial charge is 0.261 e. The van der Waals surface area contributed by atoms with Gasteiger partial charge in [0, 0.05) is 0 Å². The number of nitriles is 1. The molecule has 108 valence electrons. The van der Waals surface area contributed by atoms with Crippen LogP contribution in [0.4, 0.5) is 11.4 Å². The van der Waals surface area contributed by atoms with Crippen molar-refractivity contribution in [2.24, 2.45) is 0 Å². The molecule has 0 aliphatic rings. The molecule has 2 rings (SSSR count). The first-order chi connectivity index (χ1) is 9.83. The van der Waals surface area contributed by atoms with E-state index >= 15 is 0 Å². The molecule has 0 saturated heterocycles. The van der Waals surface area contributed by atoms with E-state index < -0.39 is 10.0 Å². The van der Waals surface area contributed by atoms with Gasteiger partial charge < -0.3 is 5.73 Å².